The van der Waals surface area contributed by atoms with E-state index in [1.807, 2.05) is 10.6 Å². The zero-order valence-electron chi connectivity index (χ0n) is 9.82. The maximum atomic E-state index is 11.6. The number of imide groups is 2. The first-order chi connectivity index (χ1) is 9.01. The molecule has 1 heterocycles. The molecule has 0 radical (unpaired) electrons. The van der Waals surface area contributed by atoms with Gasteiger partial charge in [0.1, 0.15) is 11.3 Å². The zero-order chi connectivity index (χ0) is 14.0. The highest BCUT2D eigenvalue weighted by atomic mass is 79.9. The summed E-state index contributed by atoms with van der Waals surface area (Å²) in [5.74, 6) is -0.972. The predicted molar refractivity (Wildman–Crippen MR) is 70.4 cm³/mol. The lowest BCUT2D eigenvalue weighted by Crippen LogP contribution is -2.51. The molecule has 0 aliphatic carbocycles. The molecule has 1 aliphatic heterocycles. The average molecular weight is 325 g/mol. The number of carbonyl (C=O) groups is 3. The van der Waals surface area contributed by atoms with E-state index in [1.165, 1.54) is 13.2 Å². The summed E-state index contributed by atoms with van der Waals surface area (Å²) in [6.07, 6.45) is 1.36. The minimum absolute atomic E-state index is 0.156. The molecule has 2 rings (SSSR count). The highest BCUT2D eigenvalue weighted by molar-refractivity contribution is 9.10. The molecule has 1 saturated heterocycles. The molecule has 1 aliphatic rings. The number of carbonyl (C=O) groups excluding carboxylic acids is 3. The fraction of sp³-hybridized carbons (Fsp3) is 0.0833. The van der Waals surface area contributed by atoms with Crippen molar-refractivity contribution in [3.05, 3.63) is 33.8 Å². The minimum atomic E-state index is -0.826. The van der Waals surface area contributed by atoms with Crippen LogP contribution in [-0.4, -0.2) is 25.0 Å². The third-order valence-electron chi connectivity index (χ3n) is 2.43. The maximum absolute atomic E-state index is 11.6. The van der Waals surface area contributed by atoms with Crippen LogP contribution in [0.15, 0.2) is 28.2 Å². The van der Waals surface area contributed by atoms with E-state index in [2.05, 4.69) is 15.9 Å². The third-order valence-corrected chi connectivity index (χ3v) is 2.93. The quantitative estimate of drug-likeness (QED) is 0.632. The molecule has 4 amide bonds. The molecule has 2 N–H and O–H groups in total. The largest absolute Gasteiger partial charge is 0.496 e. The SMILES string of the molecule is COc1ccc(Br)cc1C=C1C(=O)NC(=O)NC1=O. The first kappa shape index (κ1) is 13.3. The van der Waals surface area contributed by atoms with Crippen LogP contribution in [0, 0.1) is 0 Å². The van der Waals surface area contributed by atoms with Crippen molar-refractivity contribution < 1.29 is 19.1 Å². The number of nitrogens with one attached hydrogen (secondary N) is 2. The van der Waals surface area contributed by atoms with Gasteiger partial charge >= 0.3 is 6.03 Å². The van der Waals surface area contributed by atoms with Crippen LogP contribution in [0.3, 0.4) is 0 Å². The van der Waals surface area contributed by atoms with E-state index >= 15 is 0 Å². The third kappa shape index (κ3) is 2.82. The normalized spacial score (nSPS) is 14.8. The average Bonchev–Trinajstić information content (AvgIpc) is 2.34. The summed E-state index contributed by atoms with van der Waals surface area (Å²) in [4.78, 5) is 34.1. The van der Waals surface area contributed by atoms with Crippen molar-refractivity contribution in [2.45, 2.75) is 0 Å². The summed E-state index contributed by atoms with van der Waals surface area (Å²) in [6, 6.07) is 4.34. The number of benzene rings is 1. The van der Waals surface area contributed by atoms with E-state index in [9.17, 15) is 14.4 Å². The maximum Gasteiger partial charge on any atom is 0.328 e. The van der Waals surface area contributed by atoms with Gasteiger partial charge in [-0.05, 0) is 24.3 Å². The Morgan fingerprint density at radius 3 is 2.37 bits per heavy atom. The van der Waals surface area contributed by atoms with Crippen LogP contribution in [0.25, 0.3) is 6.08 Å². The lowest BCUT2D eigenvalue weighted by Gasteiger charge is -2.14. The van der Waals surface area contributed by atoms with Gasteiger partial charge in [0.25, 0.3) is 11.8 Å². The van der Waals surface area contributed by atoms with Gasteiger partial charge in [-0.2, -0.15) is 0 Å². The number of barbiturate groups is 1. The van der Waals surface area contributed by atoms with Crippen molar-refractivity contribution in [3.8, 4) is 5.75 Å². The lowest BCUT2D eigenvalue weighted by molar-refractivity contribution is -0.123. The number of rotatable bonds is 2. The Morgan fingerprint density at radius 2 is 1.79 bits per heavy atom. The van der Waals surface area contributed by atoms with Gasteiger partial charge in [0.15, 0.2) is 0 Å². The van der Waals surface area contributed by atoms with E-state index < -0.39 is 17.8 Å². The van der Waals surface area contributed by atoms with Crippen molar-refractivity contribution in [1.82, 2.24) is 10.6 Å². The summed E-state index contributed by atoms with van der Waals surface area (Å²) in [6.45, 7) is 0. The van der Waals surface area contributed by atoms with E-state index in [0.29, 0.717) is 11.3 Å². The fourth-order valence-electron chi connectivity index (χ4n) is 1.58. The highest BCUT2D eigenvalue weighted by Crippen LogP contribution is 2.25. The van der Waals surface area contributed by atoms with Gasteiger partial charge in [-0.25, -0.2) is 4.79 Å². The number of amides is 4. The van der Waals surface area contributed by atoms with Crippen molar-refractivity contribution in [1.29, 1.82) is 0 Å². The second-order valence-corrected chi connectivity index (χ2v) is 4.60. The highest BCUT2D eigenvalue weighted by Gasteiger charge is 2.27. The van der Waals surface area contributed by atoms with Gasteiger partial charge in [-0.1, -0.05) is 15.9 Å². The lowest BCUT2D eigenvalue weighted by atomic mass is 10.1. The second kappa shape index (κ2) is 5.23. The molecule has 98 valence electrons. The summed E-state index contributed by atoms with van der Waals surface area (Å²) in [5, 5.41) is 4.00. The number of hydrogen-bond donors (Lipinski definition) is 2. The first-order valence-corrected chi connectivity index (χ1v) is 6.02. The van der Waals surface area contributed by atoms with Gasteiger partial charge < -0.3 is 4.74 Å². The molecule has 1 aromatic carbocycles. The zero-order valence-corrected chi connectivity index (χ0v) is 11.4. The molecule has 0 bridgehead atoms. The van der Waals surface area contributed by atoms with Crippen LogP contribution in [-0.2, 0) is 9.59 Å². The Bertz CT molecular complexity index is 588. The number of ether oxygens (including phenoxy) is 1. The van der Waals surface area contributed by atoms with Crippen LogP contribution in [0.2, 0.25) is 0 Å². The number of urea groups is 1. The van der Waals surface area contributed by atoms with Crippen LogP contribution in [0.5, 0.6) is 5.75 Å². The van der Waals surface area contributed by atoms with E-state index in [-0.39, 0.29) is 5.57 Å². The Kier molecular flexibility index (Phi) is 3.66. The molecule has 7 heteroatoms. The van der Waals surface area contributed by atoms with E-state index in [4.69, 9.17) is 4.74 Å². The van der Waals surface area contributed by atoms with Gasteiger partial charge in [0.2, 0.25) is 0 Å². The summed E-state index contributed by atoms with van der Waals surface area (Å²) in [5.41, 5.74) is 0.391. The predicted octanol–water partition coefficient (Wildman–Crippen LogP) is 1.21. The van der Waals surface area contributed by atoms with Crippen molar-refractivity contribution in [2.24, 2.45) is 0 Å². The van der Waals surface area contributed by atoms with Crippen LogP contribution < -0.4 is 15.4 Å². The number of halogens is 1. The topological polar surface area (TPSA) is 84.5 Å². The number of methoxy groups -OCH3 is 1. The molecular formula is C12H9BrN2O4. The van der Waals surface area contributed by atoms with Crippen LogP contribution in [0.1, 0.15) is 5.56 Å². The Hall–Kier alpha value is -2.15. The first-order valence-electron chi connectivity index (χ1n) is 5.23. The fourth-order valence-corrected chi connectivity index (χ4v) is 1.96. The molecule has 0 atom stereocenters. The van der Waals surface area contributed by atoms with Crippen molar-refractivity contribution in [3.63, 3.8) is 0 Å². The van der Waals surface area contributed by atoms with Crippen molar-refractivity contribution >= 4 is 39.9 Å². The van der Waals surface area contributed by atoms with Gasteiger partial charge in [-0.15, -0.1) is 0 Å². The van der Waals surface area contributed by atoms with Crippen LogP contribution >= 0.6 is 15.9 Å². The molecule has 0 saturated carbocycles. The molecule has 1 fully saturated rings. The number of hydrogen-bond acceptors (Lipinski definition) is 4. The van der Waals surface area contributed by atoms with Gasteiger partial charge in [-0.3, -0.25) is 20.2 Å². The second-order valence-electron chi connectivity index (χ2n) is 3.68. The van der Waals surface area contributed by atoms with Crippen LogP contribution in [0.4, 0.5) is 4.79 Å². The Morgan fingerprint density at radius 1 is 1.16 bits per heavy atom. The standard InChI is InChI=1S/C12H9BrN2O4/c1-19-9-3-2-7(13)4-6(9)5-8-10(16)14-12(18)15-11(8)17/h2-5H,1H3,(H2,14,15,16,17,18). The van der Waals surface area contributed by atoms with E-state index in [0.717, 1.165) is 4.47 Å². The Labute approximate surface area is 116 Å². The summed E-state index contributed by atoms with van der Waals surface area (Å²) in [7, 11) is 1.48. The molecule has 0 spiro atoms. The molecular weight excluding hydrogens is 316 g/mol. The monoisotopic (exact) mass is 324 g/mol. The smallest absolute Gasteiger partial charge is 0.328 e. The molecule has 19 heavy (non-hydrogen) atoms. The molecule has 0 aromatic heterocycles. The summed E-state index contributed by atoms with van der Waals surface area (Å²) < 4.78 is 5.91. The minimum Gasteiger partial charge on any atom is -0.496 e. The molecule has 1 aromatic rings. The van der Waals surface area contributed by atoms with E-state index in [1.54, 1.807) is 18.2 Å². The molecule has 6 nitrogen and oxygen atoms in total. The molecule has 0 unspecified atom stereocenters. The van der Waals surface area contributed by atoms with Gasteiger partial charge in [0, 0.05) is 10.0 Å². The Balaban J connectivity index is 2.45. The van der Waals surface area contributed by atoms with Crippen molar-refractivity contribution in [2.75, 3.05) is 7.11 Å². The summed E-state index contributed by atoms with van der Waals surface area (Å²) >= 11 is 3.29. The van der Waals surface area contributed by atoms with Gasteiger partial charge in [0.05, 0.1) is 7.11 Å².